The molecule has 1 heterocycles. The van der Waals surface area contributed by atoms with E-state index >= 15 is 0 Å². The van der Waals surface area contributed by atoms with E-state index in [0.29, 0.717) is 20.9 Å². The van der Waals surface area contributed by atoms with Crippen molar-refractivity contribution in [2.45, 2.75) is 6.54 Å². The quantitative estimate of drug-likeness (QED) is 0.636. The number of rotatable bonds is 2. The lowest BCUT2D eigenvalue weighted by Crippen LogP contribution is -2.21. The summed E-state index contributed by atoms with van der Waals surface area (Å²) in [7, 11) is 0. The van der Waals surface area contributed by atoms with Gasteiger partial charge in [0, 0.05) is 8.95 Å². The first kappa shape index (κ1) is 14.4. The fourth-order valence-corrected chi connectivity index (χ4v) is 3.00. The molecule has 0 saturated carbocycles. The Bertz CT molecular complexity index is 872. The van der Waals surface area contributed by atoms with E-state index < -0.39 is 0 Å². The molecule has 0 unspecified atom stereocenters. The molecule has 0 fully saturated rings. The molecule has 0 aliphatic carbocycles. The zero-order valence-electron chi connectivity index (χ0n) is 10.7. The van der Waals surface area contributed by atoms with Gasteiger partial charge in [-0.05, 0) is 42.0 Å². The Morgan fingerprint density at radius 3 is 2.67 bits per heavy atom. The van der Waals surface area contributed by atoms with Crippen LogP contribution in [0, 0.1) is 5.82 Å². The molecule has 2 aromatic carbocycles. The highest BCUT2D eigenvalue weighted by Crippen LogP contribution is 2.17. The van der Waals surface area contributed by atoms with Crippen LogP contribution in [-0.2, 0) is 6.54 Å². The number of benzene rings is 2. The van der Waals surface area contributed by atoms with Crippen LogP contribution in [0.2, 0.25) is 0 Å². The van der Waals surface area contributed by atoms with Gasteiger partial charge in [-0.25, -0.2) is 9.37 Å². The van der Waals surface area contributed by atoms with Crippen molar-refractivity contribution >= 4 is 42.8 Å². The maximum atomic E-state index is 13.4. The van der Waals surface area contributed by atoms with Gasteiger partial charge >= 0.3 is 0 Å². The van der Waals surface area contributed by atoms with E-state index in [4.69, 9.17) is 0 Å². The first-order valence-electron chi connectivity index (χ1n) is 6.12. The Morgan fingerprint density at radius 2 is 1.90 bits per heavy atom. The van der Waals surface area contributed by atoms with Crippen molar-refractivity contribution in [3.8, 4) is 0 Å². The third-order valence-electron chi connectivity index (χ3n) is 3.06. The van der Waals surface area contributed by atoms with Crippen LogP contribution in [-0.4, -0.2) is 9.55 Å². The lowest BCUT2D eigenvalue weighted by atomic mass is 10.2. The molecule has 21 heavy (non-hydrogen) atoms. The summed E-state index contributed by atoms with van der Waals surface area (Å²) in [5.74, 6) is -0.342. The first-order chi connectivity index (χ1) is 10.0. The van der Waals surface area contributed by atoms with Gasteiger partial charge in [0.2, 0.25) is 0 Å². The summed E-state index contributed by atoms with van der Waals surface area (Å²) in [6.45, 7) is 0.272. The second-order valence-electron chi connectivity index (χ2n) is 4.62. The molecule has 6 heteroatoms. The van der Waals surface area contributed by atoms with E-state index in [-0.39, 0.29) is 17.9 Å². The van der Waals surface area contributed by atoms with Crippen molar-refractivity contribution in [3.05, 3.63) is 73.4 Å². The van der Waals surface area contributed by atoms with Crippen LogP contribution in [0.4, 0.5) is 4.39 Å². The normalized spacial score (nSPS) is 11.0. The number of aromatic nitrogens is 2. The minimum absolute atomic E-state index is 0.145. The fourth-order valence-electron chi connectivity index (χ4n) is 2.14. The molecule has 0 bridgehead atoms. The van der Waals surface area contributed by atoms with Crippen LogP contribution in [0.5, 0.6) is 0 Å². The van der Waals surface area contributed by atoms with Crippen LogP contribution in [0.1, 0.15) is 5.56 Å². The van der Waals surface area contributed by atoms with Crippen molar-refractivity contribution in [2.24, 2.45) is 0 Å². The summed E-state index contributed by atoms with van der Waals surface area (Å²) >= 11 is 6.59. The van der Waals surface area contributed by atoms with Gasteiger partial charge in [-0.15, -0.1) is 0 Å². The summed E-state index contributed by atoms with van der Waals surface area (Å²) in [6.07, 6.45) is 1.48. The summed E-state index contributed by atoms with van der Waals surface area (Å²) < 4.78 is 16.4. The van der Waals surface area contributed by atoms with E-state index in [1.54, 1.807) is 24.3 Å². The van der Waals surface area contributed by atoms with Gasteiger partial charge in [0.15, 0.2) is 0 Å². The van der Waals surface area contributed by atoms with Crippen LogP contribution in [0.25, 0.3) is 10.9 Å². The Labute approximate surface area is 136 Å². The van der Waals surface area contributed by atoms with Crippen molar-refractivity contribution in [3.63, 3.8) is 0 Å². The smallest absolute Gasteiger partial charge is 0.261 e. The molecule has 3 aromatic rings. The largest absolute Gasteiger partial charge is 0.294 e. The zero-order valence-corrected chi connectivity index (χ0v) is 13.9. The van der Waals surface area contributed by atoms with Gasteiger partial charge in [0.1, 0.15) is 5.82 Å². The zero-order chi connectivity index (χ0) is 15.0. The van der Waals surface area contributed by atoms with Crippen LogP contribution in [0.15, 0.2) is 56.5 Å². The van der Waals surface area contributed by atoms with E-state index in [1.807, 2.05) is 0 Å². The molecule has 0 amide bonds. The average molecular weight is 412 g/mol. The highest BCUT2D eigenvalue weighted by molar-refractivity contribution is 9.10. The number of fused-ring (bicyclic) bond motifs is 1. The average Bonchev–Trinajstić information content (AvgIpc) is 2.41. The Morgan fingerprint density at radius 1 is 1.10 bits per heavy atom. The molecule has 1 aromatic heterocycles. The van der Waals surface area contributed by atoms with Gasteiger partial charge in [0.25, 0.3) is 5.56 Å². The van der Waals surface area contributed by atoms with Gasteiger partial charge in [-0.2, -0.15) is 0 Å². The third-order valence-corrected chi connectivity index (χ3v) is 4.01. The number of hydrogen-bond donors (Lipinski definition) is 0. The van der Waals surface area contributed by atoms with Crippen molar-refractivity contribution in [1.29, 1.82) is 0 Å². The van der Waals surface area contributed by atoms with Gasteiger partial charge in [0.05, 0.1) is 23.8 Å². The molecule has 0 aliphatic heterocycles. The molecule has 0 aliphatic rings. The fraction of sp³-hybridized carbons (Fsp3) is 0.0667. The molecular weight excluding hydrogens is 403 g/mol. The lowest BCUT2D eigenvalue weighted by molar-refractivity contribution is 0.621. The second kappa shape index (κ2) is 5.69. The SMILES string of the molecule is O=c1c2ccc(Br)cc2ncn1Cc1cc(F)cc(Br)c1. The van der Waals surface area contributed by atoms with Gasteiger partial charge in [-0.3, -0.25) is 9.36 Å². The lowest BCUT2D eigenvalue weighted by Gasteiger charge is -2.07. The predicted octanol–water partition coefficient (Wildman–Crippen LogP) is 4.11. The Hall–Kier alpha value is -1.53. The standard InChI is InChI=1S/C15H9Br2FN2O/c16-10-1-2-13-14(6-10)19-8-20(15(13)21)7-9-3-11(17)5-12(18)4-9/h1-6,8H,7H2. The number of nitrogens with zero attached hydrogens (tertiary/aromatic N) is 2. The maximum absolute atomic E-state index is 13.4. The summed E-state index contributed by atoms with van der Waals surface area (Å²) in [5.41, 5.74) is 1.18. The molecule has 106 valence electrons. The molecule has 0 N–H and O–H groups in total. The third kappa shape index (κ3) is 3.06. The molecule has 0 radical (unpaired) electrons. The molecule has 0 saturated heterocycles. The molecule has 3 nitrogen and oxygen atoms in total. The molecular formula is C15H9Br2FN2O. The van der Waals surface area contributed by atoms with Crippen molar-refractivity contribution in [1.82, 2.24) is 9.55 Å². The summed E-state index contributed by atoms with van der Waals surface area (Å²) in [5, 5.41) is 0.538. The topological polar surface area (TPSA) is 34.9 Å². The molecule has 0 atom stereocenters. The van der Waals surface area contributed by atoms with Gasteiger partial charge < -0.3 is 0 Å². The van der Waals surface area contributed by atoms with E-state index in [0.717, 1.165) is 4.47 Å². The van der Waals surface area contributed by atoms with E-state index in [9.17, 15) is 9.18 Å². The van der Waals surface area contributed by atoms with Gasteiger partial charge in [-0.1, -0.05) is 31.9 Å². The second-order valence-corrected chi connectivity index (χ2v) is 6.45. The molecule has 0 spiro atoms. The van der Waals surface area contributed by atoms with Crippen molar-refractivity contribution in [2.75, 3.05) is 0 Å². The molecule has 3 rings (SSSR count). The van der Waals surface area contributed by atoms with E-state index in [1.165, 1.54) is 23.0 Å². The summed E-state index contributed by atoms with van der Waals surface area (Å²) in [6, 6.07) is 9.88. The highest BCUT2D eigenvalue weighted by Gasteiger charge is 2.06. The maximum Gasteiger partial charge on any atom is 0.261 e. The van der Waals surface area contributed by atoms with Crippen molar-refractivity contribution < 1.29 is 4.39 Å². The van der Waals surface area contributed by atoms with Crippen LogP contribution < -0.4 is 5.56 Å². The minimum Gasteiger partial charge on any atom is -0.294 e. The number of halogens is 3. The van der Waals surface area contributed by atoms with E-state index in [2.05, 4.69) is 36.8 Å². The first-order valence-corrected chi connectivity index (χ1v) is 7.71. The predicted molar refractivity (Wildman–Crippen MR) is 86.9 cm³/mol. The Balaban J connectivity index is 2.07. The van der Waals surface area contributed by atoms with Crippen LogP contribution in [0.3, 0.4) is 0 Å². The summed E-state index contributed by atoms with van der Waals surface area (Å²) in [4.78, 5) is 16.7. The highest BCUT2D eigenvalue weighted by atomic mass is 79.9. The monoisotopic (exact) mass is 410 g/mol. The van der Waals surface area contributed by atoms with Crippen LogP contribution >= 0.6 is 31.9 Å². The number of hydrogen-bond acceptors (Lipinski definition) is 2. The minimum atomic E-state index is -0.342. The Kier molecular flexibility index (Phi) is 3.91.